The first-order valence-corrected chi connectivity index (χ1v) is 7.34. The molecule has 2 aromatic rings. The van der Waals surface area contributed by atoms with Crippen molar-refractivity contribution in [3.05, 3.63) is 71.8 Å². The summed E-state index contributed by atoms with van der Waals surface area (Å²) in [6.45, 7) is 0. The third kappa shape index (κ3) is 5.00. The largest absolute Gasteiger partial charge is 0.291 e. The molecule has 1 nitrogen and oxygen atoms in total. The van der Waals surface area contributed by atoms with E-state index < -0.39 is 0 Å². The molecule has 0 bridgehead atoms. The molecule has 0 N–H and O–H groups in total. The van der Waals surface area contributed by atoms with Gasteiger partial charge in [0.05, 0.1) is 0 Å². The molecule has 0 heterocycles. The van der Waals surface area contributed by atoms with Gasteiger partial charge in [-0.25, -0.2) is 0 Å². The summed E-state index contributed by atoms with van der Waals surface area (Å²) < 4.78 is 0. The fourth-order valence-electron chi connectivity index (χ4n) is 2.47. The van der Waals surface area contributed by atoms with Crippen LogP contribution in [0.4, 0.5) is 0 Å². The summed E-state index contributed by atoms with van der Waals surface area (Å²) in [6.07, 6.45) is 7.27. The zero-order valence-electron chi connectivity index (χ0n) is 11.8. The van der Waals surface area contributed by atoms with Crippen molar-refractivity contribution in [3.8, 4) is 0 Å². The molecule has 2 aromatic carbocycles. The minimum absolute atomic E-state index is 0.0353. The van der Waals surface area contributed by atoms with E-state index in [0.717, 1.165) is 32.1 Å². The highest BCUT2D eigenvalue weighted by molar-refractivity contribution is 5.55. The minimum atomic E-state index is 0.0353. The van der Waals surface area contributed by atoms with Gasteiger partial charge in [0.1, 0.15) is 0 Å². The molecule has 0 amide bonds. The van der Waals surface area contributed by atoms with Gasteiger partial charge in [-0.1, -0.05) is 67.1 Å². The molecular weight excluding hydrogens is 244 g/mol. The van der Waals surface area contributed by atoms with Crippen LogP contribution in [0.5, 0.6) is 0 Å². The molecule has 1 heteroatoms. The fraction of sp³-hybridized carbons (Fsp3) is 0.316. The maximum absolute atomic E-state index is 11.0. The summed E-state index contributed by atoms with van der Waals surface area (Å²) in [6, 6.07) is 20.7. The monoisotopic (exact) mass is 265 g/mol. The van der Waals surface area contributed by atoms with Crippen molar-refractivity contribution in [2.75, 3.05) is 0 Å². The standard InChI is InChI=1S/C19H21O/c20-16-19(15-18-12-5-2-6-13-18)14-8-7-11-17-9-3-1-4-10-17/h1-6,9-10,12-13,19H,7-8,11,14-15H2. The molecule has 0 spiro atoms. The number of aryl methyl sites for hydroxylation is 1. The van der Waals surface area contributed by atoms with E-state index in [9.17, 15) is 4.79 Å². The molecule has 0 aromatic heterocycles. The summed E-state index contributed by atoms with van der Waals surface area (Å²) in [4.78, 5) is 11.0. The van der Waals surface area contributed by atoms with E-state index in [1.54, 1.807) is 0 Å². The van der Waals surface area contributed by atoms with Gasteiger partial charge in [-0.3, -0.25) is 4.79 Å². The first-order chi connectivity index (χ1) is 9.88. The van der Waals surface area contributed by atoms with Crippen molar-refractivity contribution in [1.29, 1.82) is 0 Å². The van der Waals surface area contributed by atoms with Crippen molar-refractivity contribution < 1.29 is 4.79 Å². The van der Waals surface area contributed by atoms with Gasteiger partial charge >= 0.3 is 0 Å². The minimum Gasteiger partial charge on any atom is -0.291 e. The highest BCUT2D eigenvalue weighted by atomic mass is 16.1. The van der Waals surface area contributed by atoms with Crippen molar-refractivity contribution in [3.63, 3.8) is 0 Å². The molecule has 0 aliphatic rings. The molecule has 0 aliphatic carbocycles. The quantitative estimate of drug-likeness (QED) is 0.648. The predicted octanol–water partition coefficient (Wildman–Crippen LogP) is 4.37. The van der Waals surface area contributed by atoms with Crippen LogP contribution in [0.2, 0.25) is 0 Å². The number of hydrogen-bond donors (Lipinski definition) is 0. The molecule has 20 heavy (non-hydrogen) atoms. The molecule has 0 saturated heterocycles. The van der Waals surface area contributed by atoms with Crippen LogP contribution in [0, 0.1) is 5.92 Å². The lowest BCUT2D eigenvalue weighted by Gasteiger charge is -2.09. The average Bonchev–Trinajstić information content (AvgIpc) is 2.52. The van der Waals surface area contributed by atoms with Crippen molar-refractivity contribution in [2.45, 2.75) is 32.1 Å². The van der Waals surface area contributed by atoms with Crippen LogP contribution in [0.3, 0.4) is 0 Å². The Morgan fingerprint density at radius 2 is 1.40 bits per heavy atom. The first kappa shape index (κ1) is 14.5. The van der Waals surface area contributed by atoms with Gasteiger partial charge in [0.25, 0.3) is 0 Å². The zero-order valence-corrected chi connectivity index (χ0v) is 11.8. The number of unbranched alkanes of at least 4 members (excludes halogenated alkanes) is 1. The van der Waals surface area contributed by atoms with E-state index in [0.29, 0.717) is 0 Å². The predicted molar refractivity (Wildman–Crippen MR) is 83.3 cm³/mol. The van der Waals surface area contributed by atoms with Gasteiger partial charge in [-0.2, -0.15) is 0 Å². The summed E-state index contributed by atoms with van der Waals surface area (Å²) in [5.41, 5.74) is 2.60. The van der Waals surface area contributed by atoms with Crippen molar-refractivity contribution in [2.24, 2.45) is 5.92 Å². The normalized spacial score (nSPS) is 12.0. The first-order valence-electron chi connectivity index (χ1n) is 7.34. The Kier molecular flexibility index (Phi) is 6.04. The van der Waals surface area contributed by atoms with Crippen LogP contribution < -0.4 is 0 Å². The van der Waals surface area contributed by atoms with Crippen LogP contribution in [0.25, 0.3) is 0 Å². The maximum Gasteiger partial charge on any atom is 0.202 e. The molecule has 0 aliphatic heterocycles. The van der Waals surface area contributed by atoms with Crippen LogP contribution in [-0.4, -0.2) is 6.29 Å². The smallest absolute Gasteiger partial charge is 0.202 e. The Labute approximate surface area is 121 Å². The van der Waals surface area contributed by atoms with Gasteiger partial charge in [-0.05, 0) is 36.8 Å². The Balaban J connectivity index is 1.70. The zero-order chi connectivity index (χ0) is 14.0. The SMILES string of the molecule is O=[C]C(CCCCc1ccccc1)Cc1ccccc1. The average molecular weight is 265 g/mol. The molecule has 1 radical (unpaired) electrons. The van der Waals surface area contributed by atoms with Gasteiger partial charge in [0, 0.05) is 5.92 Å². The molecule has 1 atom stereocenters. The second-order valence-corrected chi connectivity index (χ2v) is 5.24. The molecular formula is C19H21O. The molecule has 0 fully saturated rings. The Morgan fingerprint density at radius 3 is 2.00 bits per heavy atom. The van der Waals surface area contributed by atoms with Gasteiger partial charge in [0.15, 0.2) is 0 Å². The van der Waals surface area contributed by atoms with Gasteiger partial charge in [-0.15, -0.1) is 0 Å². The lowest BCUT2D eigenvalue weighted by atomic mass is 9.94. The second-order valence-electron chi connectivity index (χ2n) is 5.24. The summed E-state index contributed by atoms with van der Waals surface area (Å²) in [5.74, 6) is 0.0353. The third-order valence-corrected chi connectivity index (χ3v) is 3.60. The Morgan fingerprint density at radius 1 is 0.800 bits per heavy atom. The van der Waals surface area contributed by atoms with Gasteiger partial charge in [0.2, 0.25) is 6.29 Å². The topological polar surface area (TPSA) is 17.1 Å². The summed E-state index contributed by atoms with van der Waals surface area (Å²) in [7, 11) is 0. The van der Waals surface area contributed by atoms with E-state index in [-0.39, 0.29) is 5.92 Å². The van der Waals surface area contributed by atoms with E-state index in [1.165, 1.54) is 11.1 Å². The Bertz CT molecular complexity index is 490. The van der Waals surface area contributed by atoms with Crippen LogP contribution in [0.15, 0.2) is 60.7 Å². The second kappa shape index (κ2) is 8.31. The third-order valence-electron chi connectivity index (χ3n) is 3.60. The molecule has 0 saturated carbocycles. The van der Waals surface area contributed by atoms with Crippen LogP contribution in [-0.2, 0) is 17.6 Å². The number of benzene rings is 2. The lowest BCUT2D eigenvalue weighted by Crippen LogP contribution is -2.06. The number of carbonyl (C=O) groups excluding carboxylic acids is 1. The number of rotatable bonds is 8. The Hall–Kier alpha value is -1.89. The molecule has 2 rings (SSSR count). The van der Waals surface area contributed by atoms with Crippen molar-refractivity contribution >= 4 is 6.29 Å². The van der Waals surface area contributed by atoms with Crippen molar-refractivity contribution in [1.82, 2.24) is 0 Å². The fourth-order valence-corrected chi connectivity index (χ4v) is 2.47. The van der Waals surface area contributed by atoms with E-state index in [4.69, 9.17) is 0 Å². The summed E-state index contributed by atoms with van der Waals surface area (Å²) in [5, 5.41) is 0. The van der Waals surface area contributed by atoms with E-state index in [1.807, 2.05) is 24.3 Å². The number of hydrogen-bond acceptors (Lipinski definition) is 1. The summed E-state index contributed by atoms with van der Waals surface area (Å²) >= 11 is 0. The molecule has 103 valence electrons. The van der Waals surface area contributed by atoms with E-state index >= 15 is 0 Å². The van der Waals surface area contributed by atoms with Crippen LogP contribution in [0.1, 0.15) is 30.4 Å². The highest BCUT2D eigenvalue weighted by Gasteiger charge is 2.09. The van der Waals surface area contributed by atoms with E-state index in [2.05, 4.69) is 42.7 Å². The van der Waals surface area contributed by atoms with Crippen LogP contribution >= 0.6 is 0 Å². The maximum atomic E-state index is 11.0. The lowest BCUT2D eigenvalue weighted by molar-refractivity contribution is 0.491. The molecule has 1 unspecified atom stereocenters. The highest BCUT2D eigenvalue weighted by Crippen LogP contribution is 2.15. The van der Waals surface area contributed by atoms with Gasteiger partial charge < -0.3 is 0 Å².